The van der Waals surface area contributed by atoms with Crippen LogP contribution in [0.4, 0.5) is 5.69 Å². The normalized spacial score (nSPS) is 16.7. The molecule has 0 N–H and O–H groups in total. The second-order valence-corrected chi connectivity index (χ2v) is 7.30. The van der Waals surface area contributed by atoms with Crippen molar-refractivity contribution in [2.45, 2.75) is 39.2 Å². The molecule has 0 aliphatic heterocycles. The number of hydrogen-bond donors (Lipinski definition) is 0. The molecule has 0 amide bonds. The topological polar surface area (TPSA) is 37.7 Å². The molecule has 5 heteroatoms. The van der Waals surface area contributed by atoms with Crippen LogP contribution in [-0.2, 0) is 12.8 Å². The van der Waals surface area contributed by atoms with E-state index in [0.717, 1.165) is 41.7 Å². The predicted octanol–water partition coefficient (Wildman–Crippen LogP) is 4.70. The molecule has 2 aromatic rings. The summed E-state index contributed by atoms with van der Waals surface area (Å²) in [6.07, 6.45) is 5.01. The molecule has 132 valence electrons. The standard InChI is InChI=1S/C20H24BrN3O/c1-4-24(3)13-22-19-12-18(21)20(23-14(19)2)25-17-10-9-15-7-5-6-8-16(15)11-17/h5-8,12-13,17H,4,9-11H2,1-3H3/b22-13+. The van der Waals surface area contributed by atoms with E-state index in [1.807, 2.05) is 31.3 Å². The van der Waals surface area contributed by atoms with E-state index in [2.05, 4.69) is 57.1 Å². The maximum atomic E-state index is 6.21. The Balaban J connectivity index is 1.73. The zero-order chi connectivity index (χ0) is 17.8. The summed E-state index contributed by atoms with van der Waals surface area (Å²) in [5.41, 5.74) is 4.55. The fourth-order valence-electron chi connectivity index (χ4n) is 2.93. The second kappa shape index (κ2) is 8.00. The lowest BCUT2D eigenvalue weighted by molar-refractivity contribution is 0.175. The molecule has 1 aliphatic carbocycles. The first-order valence-corrected chi connectivity index (χ1v) is 9.51. The van der Waals surface area contributed by atoms with Gasteiger partial charge in [0.15, 0.2) is 0 Å². The van der Waals surface area contributed by atoms with Gasteiger partial charge in [-0.25, -0.2) is 9.98 Å². The van der Waals surface area contributed by atoms with Crippen LogP contribution < -0.4 is 4.74 Å². The highest BCUT2D eigenvalue weighted by Gasteiger charge is 2.21. The first-order chi connectivity index (χ1) is 12.1. The molecule has 3 rings (SSSR count). The first-order valence-electron chi connectivity index (χ1n) is 8.71. The summed E-state index contributed by atoms with van der Waals surface area (Å²) >= 11 is 3.59. The molecule has 0 saturated carbocycles. The zero-order valence-electron chi connectivity index (χ0n) is 15.0. The van der Waals surface area contributed by atoms with Crippen LogP contribution in [0, 0.1) is 6.92 Å². The molecule has 4 nitrogen and oxygen atoms in total. The summed E-state index contributed by atoms with van der Waals surface area (Å²) in [6, 6.07) is 10.6. The van der Waals surface area contributed by atoms with Crippen molar-refractivity contribution in [3.05, 3.63) is 51.6 Å². The fraction of sp³-hybridized carbons (Fsp3) is 0.400. The van der Waals surface area contributed by atoms with Crippen LogP contribution >= 0.6 is 15.9 Å². The number of rotatable bonds is 5. The van der Waals surface area contributed by atoms with Gasteiger partial charge in [0.05, 0.1) is 22.2 Å². The van der Waals surface area contributed by atoms with Crippen molar-refractivity contribution in [3.8, 4) is 5.88 Å². The number of fused-ring (bicyclic) bond motifs is 1. The maximum absolute atomic E-state index is 6.21. The number of pyridine rings is 1. The molecule has 0 spiro atoms. The Kier molecular flexibility index (Phi) is 5.74. The quantitative estimate of drug-likeness (QED) is 0.538. The number of ether oxygens (including phenoxy) is 1. The largest absolute Gasteiger partial charge is 0.473 e. The van der Waals surface area contributed by atoms with Crippen LogP contribution in [0.2, 0.25) is 0 Å². The third-order valence-corrected chi connectivity index (χ3v) is 5.15. The van der Waals surface area contributed by atoms with E-state index < -0.39 is 0 Å². The smallest absolute Gasteiger partial charge is 0.228 e. The van der Waals surface area contributed by atoms with Gasteiger partial charge >= 0.3 is 0 Å². The lowest BCUT2D eigenvalue weighted by Crippen LogP contribution is -2.25. The molecule has 1 atom stereocenters. The van der Waals surface area contributed by atoms with E-state index in [9.17, 15) is 0 Å². The summed E-state index contributed by atoms with van der Waals surface area (Å²) in [7, 11) is 2.00. The summed E-state index contributed by atoms with van der Waals surface area (Å²) in [5.74, 6) is 0.657. The van der Waals surface area contributed by atoms with Gasteiger partial charge < -0.3 is 9.64 Å². The van der Waals surface area contributed by atoms with Gasteiger partial charge in [-0.15, -0.1) is 0 Å². The Morgan fingerprint density at radius 1 is 1.36 bits per heavy atom. The summed E-state index contributed by atoms with van der Waals surface area (Å²) in [4.78, 5) is 11.2. The molecular weight excluding hydrogens is 378 g/mol. The van der Waals surface area contributed by atoms with E-state index in [4.69, 9.17) is 4.74 Å². The molecule has 1 aromatic carbocycles. The molecule has 0 saturated heterocycles. The number of nitrogens with zero attached hydrogens (tertiary/aromatic N) is 3. The van der Waals surface area contributed by atoms with Crippen molar-refractivity contribution in [3.63, 3.8) is 0 Å². The molecule has 1 aliphatic rings. The highest BCUT2D eigenvalue weighted by Crippen LogP contribution is 2.32. The summed E-state index contributed by atoms with van der Waals surface area (Å²) in [5, 5.41) is 0. The fourth-order valence-corrected chi connectivity index (χ4v) is 3.33. The van der Waals surface area contributed by atoms with Crippen molar-refractivity contribution in [2.24, 2.45) is 4.99 Å². The minimum absolute atomic E-state index is 0.165. The number of aromatic nitrogens is 1. The van der Waals surface area contributed by atoms with Crippen LogP contribution in [0.25, 0.3) is 0 Å². The van der Waals surface area contributed by atoms with Gasteiger partial charge in [-0.1, -0.05) is 24.3 Å². The monoisotopic (exact) mass is 401 g/mol. The number of aryl methyl sites for hydroxylation is 2. The lowest BCUT2D eigenvalue weighted by atomic mass is 9.90. The number of halogens is 1. The van der Waals surface area contributed by atoms with E-state index >= 15 is 0 Å². The SMILES string of the molecule is CCN(C)/C=N/c1cc(Br)c(OC2CCc3ccccc3C2)nc1C. The molecule has 1 heterocycles. The van der Waals surface area contributed by atoms with Gasteiger partial charge in [-0.2, -0.15) is 0 Å². The van der Waals surface area contributed by atoms with Crippen molar-refractivity contribution in [2.75, 3.05) is 13.6 Å². The summed E-state index contributed by atoms with van der Waals surface area (Å²) in [6.45, 7) is 4.97. The van der Waals surface area contributed by atoms with Crippen molar-refractivity contribution < 1.29 is 4.74 Å². The molecule has 0 fully saturated rings. The average Bonchev–Trinajstić information content (AvgIpc) is 2.63. The predicted molar refractivity (Wildman–Crippen MR) is 106 cm³/mol. The lowest BCUT2D eigenvalue weighted by Gasteiger charge is -2.25. The van der Waals surface area contributed by atoms with Gasteiger partial charge in [0, 0.05) is 20.0 Å². The molecular formula is C20H24BrN3O. The van der Waals surface area contributed by atoms with Crippen LogP contribution in [0.15, 0.2) is 39.8 Å². The Morgan fingerprint density at radius 2 is 2.12 bits per heavy atom. The maximum Gasteiger partial charge on any atom is 0.228 e. The van der Waals surface area contributed by atoms with Gasteiger partial charge in [-0.3, -0.25) is 0 Å². The summed E-state index contributed by atoms with van der Waals surface area (Å²) < 4.78 is 7.06. The third-order valence-electron chi connectivity index (χ3n) is 4.58. The highest BCUT2D eigenvalue weighted by atomic mass is 79.9. The van der Waals surface area contributed by atoms with Crippen molar-refractivity contribution >= 4 is 28.0 Å². The Morgan fingerprint density at radius 3 is 2.88 bits per heavy atom. The average molecular weight is 402 g/mol. The minimum Gasteiger partial charge on any atom is -0.473 e. The molecule has 0 bridgehead atoms. The Bertz CT molecular complexity index is 776. The number of hydrogen-bond acceptors (Lipinski definition) is 3. The van der Waals surface area contributed by atoms with Crippen LogP contribution in [0.5, 0.6) is 5.88 Å². The van der Waals surface area contributed by atoms with E-state index in [-0.39, 0.29) is 6.10 Å². The Hall–Kier alpha value is -1.88. The van der Waals surface area contributed by atoms with Gasteiger partial charge in [-0.05, 0) is 59.8 Å². The first kappa shape index (κ1) is 17.9. The van der Waals surface area contributed by atoms with Gasteiger partial charge in [0.2, 0.25) is 5.88 Å². The minimum atomic E-state index is 0.165. The second-order valence-electron chi connectivity index (χ2n) is 6.45. The molecule has 1 unspecified atom stereocenters. The number of benzene rings is 1. The Labute approximate surface area is 158 Å². The van der Waals surface area contributed by atoms with E-state index in [0.29, 0.717) is 5.88 Å². The molecule has 25 heavy (non-hydrogen) atoms. The molecule has 1 aromatic heterocycles. The third kappa shape index (κ3) is 4.40. The number of aliphatic imine (C=N–C) groups is 1. The van der Waals surface area contributed by atoms with Crippen LogP contribution in [0.3, 0.4) is 0 Å². The zero-order valence-corrected chi connectivity index (χ0v) is 16.6. The van der Waals surface area contributed by atoms with Crippen molar-refractivity contribution in [1.29, 1.82) is 0 Å². The highest BCUT2D eigenvalue weighted by molar-refractivity contribution is 9.10. The van der Waals surface area contributed by atoms with Crippen molar-refractivity contribution in [1.82, 2.24) is 9.88 Å². The van der Waals surface area contributed by atoms with E-state index in [1.165, 1.54) is 11.1 Å². The van der Waals surface area contributed by atoms with Crippen LogP contribution in [-0.4, -0.2) is 35.9 Å². The van der Waals surface area contributed by atoms with E-state index in [1.54, 1.807) is 0 Å². The van der Waals surface area contributed by atoms with Gasteiger partial charge in [0.1, 0.15) is 6.10 Å². The van der Waals surface area contributed by atoms with Gasteiger partial charge in [0.25, 0.3) is 0 Å². The van der Waals surface area contributed by atoms with Crippen LogP contribution in [0.1, 0.15) is 30.2 Å². The molecule has 0 radical (unpaired) electrons.